The Morgan fingerprint density at radius 1 is 0.588 bits per heavy atom. The van der Waals surface area contributed by atoms with Crippen molar-refractivity contribution in [2.24, 2.45) is 0 Å². The third-order valence-corrected chi connectivity index (χ3v) is 9.57. The SMILES string of the molecule is COc1cccc(C(c2[nH]c3ccccc3c2CCC(=O)NCc2ccccc2)c2[nH]c3ccccc3c2CCC(=O)NCc2ccccc2)c1. The summed E-state index contributed by atoms with van der Waals surface area (Å²) in [6, 6.07) is 44.7. The van der Waals surface area contributed by atoms with Crippen molar-refractivity contribution >= 4 is 33.6 Å². The van der Waals surface area contributed by atoms with Crippen molar-refractivity contribution in [1.82, 2.24) is 20.6 Å². The lowest BCUT2D eigenvalue weighted by atomic mass is 9.85. The molecule has 7 rings (SSSR count). The van der Waals surface area contributed by atoms with Crippen molar-refractivity contribution in [3.05, 3.63) is 173 Å². The normalized spacial score (nSPS) is 11.3. The Bertz CT molecular complexity index is 2120. The van der Waals surface area contributed by atoms with Crippen molar-refractivity contribution < 1.29 is 14.3 Å². The van der Waals surface area contributed by atoms with E-state index in [4.69, 9.17) is 4.74 Å². The number of nitrogens with one attached hydrogen (secondary N) is 4. The Balaban J connectivity index is 1.26. The van der Waals surface area contributed by atoms with Crippen LogP contribution in [0, 0.1) is 0 Å². The number of methoxy groups -OCH3 is 1. The molecule has 0 bridgehead atoms. The third-order valence-electron chi connectivity index (χ3n) is 9.57. The van der Waals surface area contributed by atoms with E-state index in [1.54, 1.807) is 7.11 Å². The molecule has 7 aromatic rings. The smallest absolute Gasteiger partial charge is 0.220 e. The summed E-state index contributed by atoms with van der Waals surface area (Å²) in [5.74, 6) is 0.500. The number of carbonyl (C=O) groups excluding carboxylic acids is 2. The zero-order valence-electron chi connectivity index (χ0n) is 28.7. The lowest BCUT2D eigenvalue weighted by molar-refractivity contribution is -0.122. The van der Waals surface area contributed by atoms with Crippen molar-refractivity contribution in [1.29, 1.82) is 0 Å². The fourth-order valence-corrected chi connectivity index (χ4v) is 7.02. The number of hydrogen-bond acceptors (Lipinski definition) is 3. The van der Waals surface area contributed by atoms with Crippen LogP contribution in [0.3, 0.4) is 0 Å². The highest BCUT2D eigenvalue weighted by Gasteiger charge is 2.29. The van der Waals surface area contributed by atoms with Crippen molar-refractivity contribution in [3.8, 4) is 5.75 Å². The van der Waals surface area contributed by atoms with Crippen LogP contribution in [-0.2, 0) is 35.5 Å². The molecule has 51 heavy (non-hydrogen) atoms. The fraction of sp³-hybridized carbons (Fsp3) is 0.182. The van der Waals surface area contributed by atoms with E-state index in [1.165, 1.54) is 0 Å². The quantitative estimate of drug-likeness (QED) is 0.0934. The van der Waals surface area contributed by atoms with Crippen molar-refractivity contribution in [3.63, 3.8) is 0 Å². The van der Waals surface area contributed by atoms with Gasteiger partial charge in [0, 0.05) is 59.1 Å². The van der Waals surface area contributed by atoms with E-state index in [2.05, 4.69) is 57.0 Å². The monoisotopic (exact) mass is 674 g/mol. The van der Waals surface area contributed by atoms with E-state index in [0.717, 1.165) is 66.8 Å². The number of aromatic amines is 2. The average molecular weight is 675 g/mol. The number of aryl methyl sites for hydroxylation is 2. The Hall–Kier alpha value is -6.08. The number of benzene rings is 5. The molecule has 256 valence electrons. The molecule has 4 N–H and O–H groups in total. The van der Waals surface area contributed by atoms with Gasteiger partial charge in [-0.2, -0.15) is 0 Å². The highest BCUT2D eigenvalue weighted by Crippen LogP contribution is 2.41. The fourth-order valence-electron chi connectivity index (χ4n) is 7.02. The zero-order valence-corrected chi connectivity index (χ0v) is 28.7. The summed E-state index contributed by atoms with van der Waals surface area (Å²) in [5, 5.41) is 8.39. The molecule has 7 heteroatoms. The number of H-pyrrole nitrogens is 2. The average Bonchev–Trinajstić information content (AvgIpc) is 3.73. The van der Waals surface area contributed by atoms with Gasteiger partial charge in [-0.1, -0.05) is 109 Å². The number of ether oxygens (including phenoxy) is 1. The zero-order chi connectivity index (χ0) is 35.0. The summed E-state index contributed by atoms with van der Waals surface area (Å²) in [6.45, 7) is 0.981. The van der Waals surface area contributed by atoms with Crippen LogP contribution >= 0.6 is 0 Å². The number of fused-ring (bicyclic) bond motifs is 2. The van der Waals surface area contributed by atoms with Gasteiger partial charge in [0.15, 0.2) is 0 Å². The number of rotatable bonds is 14. The second-order valence-corrected chi connectivity index (χ2v) is 12.9. The molecular formula is C44H42N4O3. The maximum Gasteiger partial charge on any atom is 0.220 e. The standard InChI is InChI=1S/C44H42N4O3/c1-51-33-18-12-17-32(27-33)42(43-36(34-19-8-10-21-38(34)47-43)23-25-40(49)45-28-30-13-4-2-5-14-30)44-37(35-20-9-11-22-39(35)48-44)24-26-41(50)46-29-31-15-6-3-7-16-31/h2-22,27,42,47-48H,23-26,28-29H2,1H3,(H,45,49)(H,46,50). The van der Waals surface area contributed by atoms with Gasteiger partial charge in [-0.15, -0.1) is 0 Å². The van der Waals surface area contributed by atoms with Gasteiger partial charge >= 0.3 is 0 Å². The van der Waals surface area contributed by atoms with Gasteiger partial charge in [0.2, 0.25) is 11.8 Å². The first-order valence-corrected chi connectivity index (χ1v) is 17.5. The second kappa shape index (κ2) is 15.6. The van der Waals surface area contributed by atoms with Crippen molar-refractivity contribution in [2.75, 3.05) is 7.11 Å². The molecule has 5 aromatic carbocycles. The Kier molecular flexibility index (Phi) is 10.2. The van der Waals surface area contributed by atoms with E-state index in [9.17, 15) is 9.59 Å². The minimum atomic E-state index is -0.260. The summed E-state index contributed by atoms with van der Waals surface area (Å²) in [6.07, 6.45) is 1.79. The highest BCUT2D eigenvalue weighted by molar-refractivity contribution is 5.89. The summed E-state index contributed by atoms with van der Waals surface area (Å²) in [5.41, 5.74) is 9.42. The summed E-state index contributed by atoms with van der Waals surface area (Å²) >= 11 is 0. The lowest BCUT2D eigenvalue weighted by Crippen LogP contribution is -2.23. The summed E-state index contributed by atoms with van der Waals surface area (Å²) in [4.78, 5) is 34.0. The largest absolute Gasteiger partial charge is 0.497 e. The molecular weight excluding hydrogens is 633 g/mol. The molecule has 0 aliphatic carbocycles. The lowest BCUT2D eigenvalue weighted by Gasteiger charge is -2.21. The van der Waals surface area contributed by atoms with Gasteiger partial charge in [-0.25, -0.2) is 0 Å². The molecule has 0 aliphatic heterocycles. The van der Waals surface area contributed by atoms with Gasteiger partial charge in [0.25, 0.3) is 0 Å². The molecule has 0 saturated heterocycles. The van der Waals surface area contributed by atoms with Crippen LogP contribution in [0.25, 0.3) is 21.8 Å². The van der Waals surface area contributed by atoms with Crippen LogP contribution in [-0.4, -0.2) is 28.9 Å². The molecule has 0 fully saturated rings. The molecule has 2 heterocycles. The molecule has 0 atom stereocenters. The topological polar surface area (TPSA) is 99.0 Å². The van der Waals surface area contributed by atoms with Gasteiger partial charge in [-0.3, -0.25) is 9.59 Å². The Labute approximate surface area is 298 Å². The van der Waals surface area contributed by atoms with Gasteiger partial charge < -0.3 is 25.3 Å². The molecule has 0 spiro atoms. The van der Waals surface area contributed by atoms with E-state index in [0.29, 0.717) is 38.8 Å². The second-order valence-electron chi connectivity index (χ2n) is 12.9. The van der Waals surface area contributed by atoms with Gasteiger partial charge in [-0.05, 0) is 64.9 Å². The van der Waals surface area contributed by atoms with Crippen LogP contribution in [0.1, 0.15) is 58.0 Å². The number of aromatic nitrogens is 2. The minimum Gasteiger partial charge on any atom is -0.497 e. The van der Waals surface area contributed by atoms with Crippen LogP contribution in [0.2, 0.25) is 0 Å². The maximum absolute atomic E-state index is 13.2. The van der Waals surface area contributed by atoms with Gasteiger partial charge in [0.05, 0.1) is 13.0 Å². The van der Waals surface area contributed by atoms with Crippen LogP contribution in [0.4, 0.5) is 0 Å². The Morgan fingerprint density at radius 2 is 1.06 bits per heavy atom. The van der Waals surface area contributed by atoms with E-state index >= 15 is 0 Å². The first-order chi connectivity index (χ1) is 25.1. The molecule has 0 aliphatic rings. The predicted octanol–water partition coefficient (Wildman–Crippen LogP) is 8.34. The number of hydrogen-bond donors (Lipinski definition) is 4. The number of carbonyl (C=O) groups is 2. The van der Waals surface area contributed by atoms with Crippen molar-refractivity contribution in [2.45, 2.75) is 44.7 Å². The third kappa shape index (κ3) is 7.73. The van der Waals surface area contributed by atoms with E-state index in [1.807, 2.05) is 97.1 Å². The molecule has 0 radical (unpaired) electrons. The van der Waals surface area contributed by atoms with Gasteiger partial charge in [0.1, 0.15) is 5.75 Å². The molecule has 2 amide bonds. The number of amides is 2. The van der Waals surface area contributed by atoms with E-state index < -0.39 is 0 Å². The molecule has 0 saturated carbocycles. The summed E-state index contributed by atoms with van der Waals surface area (Å²) < 4.78 is 5.71. The molecule has 2 aromatic heterocycles. The summed E-state index contributed by atoms with van der Waals surface area (Å²) in [7, 11) is 1.68. The molecule has 0 unspecified atom stereocenters. The van der Waals surface area contributed by atoms with Crippen LogP contribution in [0.5, 0.6) is 5.75 Å². The molecule has 7 nitrogen and oxygen atoms in total. The minimum absolute atomic E-state index is 0.000769. The van der Waals surface area contributed by atoms with Crippen LogP contribution in [0.15, 0.2) is 133 Å². The predicted molar refractivity (Wildman–Crippen MR) is 204 cm³/mol. The first kappa shape index (κ1) is 33.4. The highest BCUT2D eigenvalue weighted by atomic mass is 16.5. The van der Waals surface area contributed by atoms with E-state index in [-0.39, 0.29) is 17.7 Å². The van der Waals surface area contributed by atoms with Crippen LogP contribution < -0.4 is 15.4 Å². The first-order valence-electron chi connectivity index (χ1n) is 17.5. The Morgan fingerprint density at radius 3 is 1.55 bits per heavy atom. The maximum atomic E-state index is 13.2. The number of para-hydroxylation sites is 2.